The summed E-state index contributed by atoms with van der Waals surface area (Å²) in [6, 6.07) is 5.33. The summed E-state index contributed by atoms with van der Waals surface area (Å²) in [5.74, 6) is -0.467. The van der Waals surface area contributed by atoms with E-state index in [-0.39, 0.29) is 18.7 Å². The normalized spacial score (nSPS) is 20.6. The average molecular weight is 245 g/mol. The van der Waals surface area contributed by atoms with Crippen molar-refractivity contribution in [2.24, 2.45) is 0 Å². The second kappa shape index (κ2) is 4.27. The predicted octanol–water partition coefficient (Wildman–Crippen LogP) is 2.53. The minimum Gasteiger partial charge on any atom is -0.449 e. The highest BCUT2D eigenvalue weighted by molar-refractivity contribution is 5.68. The maximum Gasteiger partial charge on any atom is 0.416 e. The van der Waals surface area contributed by atoms with Gasteiger partial charge in [0.2, 0.25) is 0 Å². The van der Waals surface area contributed by atoms with E-state index in [9.17, 15) is 18.0 Å². The van der Waals surface area contributed by atoms with Crippen LogP contribution in [0, 0.1) is 0 Å². The Morgan fingerprint density at radius 3 is 2.59 bits per heavy atom. The Hall–Kier alpha value is -1.72. The van der Waals surface area contributed by atoms with Gasteiger partial charge in [-0.15, -0.1) is 0 Å². The molecule has 1 aromatic rings. The highest BCUT2D eigenvalue weighted by Crippen LogP contribution is 2.35. The van der Waals surface area contributed by atoms with E-state index in [4.69, 9.17) is 4.74 Å². The topological polar surface area (TPSA) is 38.3 Å². The number of hydrogen-bond donors (Lipinski definition) is 1. The van der Waals surface area contributed by atoms with Crippen LogP contribution in [0.3, 0.4) is 0 Å². The Bertz CT molecular complexity index is 421. The maximum atomic E-state index is 12.8. The van der Waals surface area contributed by atoms with Gasteiger partial charge in [-0.3, -0.25) is 0 Å². The molecule has 17 heavy (non-hydrogen) atoms. The van der Waals surface area contributed by atoms with Crippen LogP contribution in [-0.2, 0) is 10.9 Å². The first-order valence-electron chi connectivity index (χ1n) is 5.05. The van der Waals surface area contributed by atoms with Crippen molar-refractivity contribution < 1.29 is 22.7 Å². The molecule has 0 aromatic heterocycles. The second-order valence-electron chi connectivity index (χ2n) is 3.76. The molecule has 1 heterocycles. The molecule has 1 atom stereocenters. The number of amides is 1. The van der Waals surface area contributed by atoms with Crippen molar-refractivity contribution in [1.29, 1.82) is 0 Å². The number of cyclic esters (lactones) is 1. The van der Waals surface area contributed by atoms with Gasteiger partial charge < -0.3 is 10.1 Å². The quantitative estimate of drug-likeness (QED) is 0.825. The first kappa shape index (κ1) is 11.8. The fraction of sp³-hybridized carbons (Fsp3) is 0.364. The molecule has 0 aliphatic carbocycles. The summed E-state index contributed by atoms with van der Waals surface area (Å²) in [6.07, 6.45) is -4.98. The van der Waals surface area contributed by atoms with Crippen molar-refractivity contribution >= 4 is 6.09 Å². The molecule has 1 fully saturated rings. The van der Waals surface area contributed by atoms with Crippen LogP contribution in [-0.4, -0.2) is 19.2 Å². The lowest BCUT2D eigenvalue weighted by atomic mass is 9.94. The standard InChI is InChI=1S/C11H10F3NO2/c12-11(13,14)9-4-2-1-3-8(9)7-5-15-10(16)17-6-7/h1-4,7H,5-6H2,(H,15,16). The van der Waals surface area contributed by atoms with E-state index < -0.39 is 23.8 Å². The lowest BCUT2D eigenvalue weighted by Crippen LogP contribution is -2.38. The van der Waals surface area contributed by atoms with Crippen LogP contribution < -0.4 is 5.32 Å². The fourth-order valence-corrected chi connectivity index (χ4v) is 1.80. The van der Waals surface area contributed by atoms with Crippen molar-refractivity contribution in [2.75, 3.05) is 13.2 Å². The zero-order valence-electron chi connectivity index (χ0n) is 8.75. The second-order valence-corrected chi connectivity index (χ2v) is 3.76. The number of carbonyl (C=O) groups is 1. The van der Waals surface area contributed by atoms with E-state index in [0.717, 1.165) is 6.07 Å². The number of rotatable bonds is 1. The number of ether oxygens (including phenoxy) is 1. The summed E-state index contributed by atoms with van der Waals surface area (Å²) < 4.78 is 43.0. The Kier molecular flexibility index (Phi) is 2.95. The monoisotopic (exact) mass is 245 g/mol. The van der Waals surface area contributed by atoms with Gasteiger partial charge in [0.1, 0.15) is 6.61 Å². The molecule has 1 N–H and O–H groups in total. The van der Waals surface area contributed by atoms with Gasteiger partial charge in [0.05, 0.1) is 5.56 Å². The third-order valence-electron chi connectivity index (χ3n) is 2.61. The number of hydrogen-bond acceptors (Lipinski definition) is 2. The van der Waals surface area contributed by atoms with Gasteiger partial charge in [0.25, 0.3) is 0 Å². The summed E-state index contributed by atoms with van der Waals surface area (Å²) in [7, 11) is 0. The molecule has 0 radical (unpaired) electrons. The third kappa shape index (κ3) is 2.51. The molecular weight excluding hydrogens is 235 g/mol. The molecular formula is C11H10F3NO2. The zero-order valence-corrected chi connectivity index (χ0v) is 8.75. The smallest absolute Gasteiger partial charge is 0.416 e. The van der Waals surface area contributed by atoms with Gasteiger partial charge in [-0.2, -0.15) is 13.2 Å². The van der Waals surface area contributed by atoms with Crippen molar-refractivity contribution in [3.63, 3.8) is 0 Å². The van der Waals surface area contributed by atoms with Crippen molar-refractivity contribution in [3.8, 4) is 0 Å². The van der Waals surface area contributed by atoms with Crippen LogP contribution in [0.1, 0.15) is 17.0 Å². The summed E-state index contributed by atoms with van der Waals surface area (Å²) in [6.45, 7) is 0.130. The minimum atomic E-state index is -4.39. The van der Waals surface area contributed by atoms with E-state index in [1.807, 2.05) is 0 Å². The highest BCUT2D eigenvalue weighted by atomic mass is 19.4. The molecule has 6 heteroatoms. The van der Waals surface area contributed by atoms with Gasteiger partial charge in [0.15, 0.2) is 0 Å². The fourth-order valence-electron chi connectivity index (χ4n) is 1.80. The van der Waals surface area contributed by atoms with Gasteiger partial charge in [0, 0.05) is 12.5 Å². The lowest BCUT2D eigenvalue weighted by Gasteiger charge is -2.25. The van der Waals surface area contributed by atoms with Gasteiger partial charge >= 0.3 is 12.3 Å². The summed E-state index contributed by atoms with van der Waals surface area (Å²) in [5, 5.41) is 2.38. The molecule has 2 rings (SSSR count). The van der Waals surface area contributed by atoms with Crippen LogP contribution in [0.5, 0.6) is 0 Å². The van der Waals surface area contributed by atoms with Crippen LogP contribution in [0.4, 0.5) is 18.0 Å². The van der Waals surface area contributed by atoms with E-state index >= 15 is 0 Å². The van der Waals surface area contributed by atoms with Crippen molar-refractivity contribution in [2.45, 2.75) is 12.1 Å². The maximum absolute atomic E-state index is 12.8. The predicted molar refractivity (Wildman–Crippen MR) is 53.5 cm³/mol. The Morgan fingerprint density at radius 1 is 1.29 bits per heavy atom. The molecule has 0 bridgehead atoms. The van der Waals surface area contributed by atoms with E-state index in [1.165, 1.54) is 12.1 Å². The van der Waals surface area contributed by atoms with Gasteiger partial charge in [-0.1, -0.05) is 18.2 Å². The first-order valence-corrected chi connectivity index (χ1v) is 5.05. The van der Waals surface area contributed by atoms with E-state index in [2.05, 4.69) is 5.32 Å². The highest BCUT2D eigenvalue weighted by Gasteiger charge is 2.35. The van der Waals surface area contributed by atoms with E-state index in [1.54, 1.807) is 6.07 Å². The average Bonchev–Trinajstić information content (AvgIpc) is 2.29. The van der Waals surface area contributed by atoms with Crippen LogP contribution in [0.25, 0.3) is 0 Å². The minimum absolute atomic E-state index is 0.0288. The molecule has 1 saturated heterocycles. The summed E-state index contributed by atoms with van der Waals surface area (Å²) in [4.78, 5) is 10.8. The number of nitrogens with one attached hydrogen (secondary N) is 1. The van der Waals surface area contributed by atoms with Gasteiger partial charge in [-0.25, -0.2) is 4.79 Å². The molecule has 1 unspecified atom stereocenters. The SMILES string of the molecule is O=C1NCC(c2ccccc2C(F)(F)F)CO1. The summed E-state index contributed by atoms with van der Waals surface area (Å²) >= 11 is 0. The molecule has 3 nitrogen and oxygen atoms in total. The Labute approximate surface area is 95.6 Å². The molecule has 0 saturated carbocycles. The van der Waals surface area contributed by atoms with Crippen LogP contribution in [0.15, 0.2) is 24.3 Å². The van der Waals surface area contributed by atoms with Crippen molar-refractivity contribution in [1.82, 2.24) is 5.32 Å². The third-order valence-corrected chi connectivity index (χ3v) is 2.61. The van der Waals surface area contributed by atoms with Crippen LogP contribution >= 0.6 is 0 Å². The molecule has 1 aromatic carbocycles. The number of benzene rings is 1. The lowest BCUT2D eigenvalue weighted by molar-refractivity contribution is -0.138. The summed E-state index contributed by atoms with van der Waals surface area (Å²) in [5.41, 5.74) is -0.523. The van der Waals surface area contributed by atoms with E-state index in [0.29, 0.717) is 0 Å². The molecule has 1 aliphatic heterocycles. The Balaban J connectivity index is 2.29. The van der Waals surface area contributed by atoms with Gasteiger partial charge in [-0.05, 0) is 11.6 Å². The molecule has 92 valence electrons. The molecule has 1 aliphatic rings. The molecule has 1 amide bonds. The largest absolute Gasteiger partial charge is 0.449 e. The Morgan fingerprint density at radius 2 is 2.00 bits per heavy atom. The first-order chi connectivity index (χ1) is 7.98. The number of alkyl halides is 3. The zero-order chi connectivity index (χ0) is 12.5. The molecule has 0 spiro atoms. The number of halogens is 3. The van der Waals surface area contributed by atoms with Crippen LogP contribution in [0.2, 0.25) is 0 Å². The number of alkyl carbamates (subject to hydrolysis) is 1. The van der Waals surface area contributed by atoms with Crippen molar-refractivity contribution in [3.05, 3.63) is 35.4 Å². The number of carbonyl (C=O) groups excluding carboxylic acids is 1.